The van der Waals surface area contributed by atoms with Gasteiger partial charge in [-0.15, -0.1) is 5.10 Å². The van der Waals surface area contributed by atoms with E-state index >= 15 is 0 Å². The smallest absolute Gasteiger partial charge is 0.325 e. The average molecular weight is 382 g/mol. The van der Waals surface area contributed by atoms with Crippen LogP contribution in [0.4, 0.5) is 5.69 Å². The third kappa shape index (κ3) is 5.10. The molecule has 0 aliphatic carbocycles. The van der Waals surface area contributed by atoms with Gasteiger partial charge in [0, 0.05) is 12.2 Å². The maximum Gasteiger partial charge on any atom is 0.343 e. The molecule has 1 heterocycles. The number of nitrogens with one attached hydrogen (secondary N) is 2. The van der Waals surface area contributed by atoms with E-state index in [2.05, 4.69) is 15.5 Å². The third-order valence-corrected chi connectivity index (χ3v) is 5.29. The van der Waals surface area contributed by atoms with E-state index in [0.29, 0.717) is 11.7 Å². The Bertz CT molecular complexity index is 979. The van der Waals surface area contributed by atoms with E-state index in [0.717, 1.165) is 23.2 Å². The highest BCUT2D eigenvalue weighted by molar-refractivity contribution is 7.99. The third-order valence-electron chi connectivity index (χ3n) is 4.31. The molecular formula is C20H22N4O2S. The van der Waals surface area contributed by atoms with E-state index in [1.165, 1.54) is 17.3 Å². The van der Waals surface area contributed by atoms with Crippen LogP contribution in [0.1, 0.15) is 16.7 Å². The van der Waals surface area contributed by atoms with Crippen LogP contribution < -0.4 is 11.0 Å². The van der Waals surface area contributed by atoms with Crippen molar-refractivity contribution in [2.45, 2.75) is 32.0 Å². The second-order valence-electron chi connectivity index (χ2n) is 6.33. The highest BCUT2D eigenvalue weighted by atomic mass is 32.2. The van der Waals surface area contributed by atoms with Crippen LogP contribution in [-0.4, -0.2) is 26.4 Å². The molecule has 0 atom stereocenters. The summed E-state index contributed by atoms with van der Waals surface area (Å²) >= 11 is 1.25. The number of amides is 1. The van der Waals surface area contributed by atoms with Crippen LogP contribution in [0.15, 0.2) is 58.5 Å². The van der Waals surface area contributed by atoms with Gasteiger partial charge in [0.2, 0.25) is 5.91 Å². The number of H-pyrrole nitrogens is 1. The number of nitrogens with zero attached hydrogens (tertiary/aromatic N) is 2. The molecule has 2 aromatic carbocycles. The van der Waals surface area contributed by atoms with Gasteiger partial charge in [-0.1, -0.05) is 48.2 Å². The first kappa shape index (κ1) is 19.0. The van der Waals surface area contributed by atoms with E-state index in [9.17, 15) is 9.59 Å². The summed E-state index contributed by atoms with van der Waals surface area (Å²) < 4.78 is 1.57. The summed E-state index contributed by atoms with van der Waals surface area (Å²) in [7, 11) is 0. The second kappa shape index (κ2) is 8.73. The molecule has 0 fully saturated rings. The van der Waals surface area contributed by atoms with Gasteiger partial charge in [-0.25, -0.2) is 9.89 Å². The van der Waals surface area contributed by atoms with Gasteiger partial charge in [0.05, 0.1) is 5.75 Å². The maximum atomic E-state index is 12.2. The Morgan fingerprint density at radius 1 is 1.15 bits per heavy atom. The number of aromatic nitrogens is 3. The summed E-state index contributed by atoms with van der Waals surface area (Å²) in [5.41, 5.74) is 3.97. The molecule has 140 valence electrons. The van der Waals surface area contributed by atoms with Gasteiger partial charge in [-0.2, -0.15) is 0 Å². The van der Waals surface area contributed by atoms with Crippen molar-refractivity contribution in [3.8, 4) is 0 Å². The molecule has 6 nitrogen and oxygen atoms in total. The molecular weight excluding hydrogens is 360 g/mol. The van der Waals surface area contributed by atoms with Gasteiger partial charge >= 0.3 is 5.69 Å². The van der Waals surface area contributed by atoms with Gasteiger partial charge in [0.25, 0.3) is 0 Å². The van der Waals surface area contributed by atoms with Crippen molar-refractivity contribution in [3.63, 3.8) is 0 Å². The van der Waals surface area contributed by atoms with Crippen LogP contribution in [0.25, 0.3) is 0 Å². The van der Waals surface area contributed by atoms with E-state index in [-0.39, 0.29) is 17.3 Å². The SMILES string of the molecule is Cc1ccc(NC(=O)CSc2n[nH]c(=O)n2CCc2ccccc2)cc1C. The van der Waals surface area contributed by atoms with Crippen LogP contribution in [0, 0.1) is 13.8 Å². The zero-order valence-corrected chi connectivity index (χ0v) is 16.2. The predicted octanol–water partition coefficient (Wildman–Crippen LogP) is 3.16. The van der Waals surface area contributed by atoms with Crippen molar-refractivity contribution in [2.24, 2.45) is 0 Å². The number of thioether (sulfide) groups is 1. The summed E-state index contributed by atoms with van der Waals surface area (Å²) in [5, 5.41) is 9.91. The zero-order chi connectivity index (χ0) is 19.2. The van der Waals surface area contributed by atoms with Gasteiger partial charge in [-0.05, 0) is 49.1 Å². The van der Waals surface area contributed by atoms with Gasteiger partial charge in [0.15, 0.2) is 5.16 Å². The lowest BCUT2D eigenvalue weighted by Crippen LogP contribution is -2.20. The van der Waals surface area contributed by atoms with Crippen LogP contribution in [0.3, 0.4) is 0 Å². The molecule has 1 aromatic heterocycles. The van der Waals surface area contributed by atoms with E-state index in [4.69, 9.17) is 0 Å². The molecule has 0 unspecified atom stereocenters. The summed E-state index contributed by atoms with van der Waals surface area (Å²) in [6.07, 6.45) is 0.725. The molecule has 2 N–H and O–H groups in total. The quantitative estimate of drug-likeness (QED) is 0.615. The fourth-order valence-electron chi connectivity index (χ4n) is 2.64. The first-order valence-electron chi connectivity index (χ1n) is 8.72. The number of rotatable bonds is 7. The lowest BCUT2D eigenvalue weighted by atomic mass is 10.1. The van der Waals surface area contributed by atoms with E-state index in [1.54, 1.807) is 4.57 Å². The fraction of sp³-hybridized carbons (Fsp3) is 0.250. The fourth-order valence-corrected chi connectivity index (χ4v) is 3.42. The Hall–Kier alpha value is -2.80. The molecule has 3 rings (SSSR count). The number of anilines is 1. The van der Waals surface area contributed by atoms with Crippen LogP contribution in [-0.2, 0) is 17.8 Å². The lowest BCUT2D eigenvalue weighted by Gasteiger charge is -2.08. The van der Waals surface area contributed by atoms with Crippen molar-refractivity contribution in [2.75, 3.05) is 11.1 Å². The lowest BCUT2D eigenvalue weighted by molar-refractivity contribution is -0.113. The van der Waals surface area contributed by atoms with E-state index < -0.39 is 0 Å². The van der Waals surface area contributed by atoms with Crippen molar-refractivity contribution < 1.29 is 4.79 Å². The first-order valence-corrected chi connectivity index (χ1v) is 9.70. The molecule has 27 heavy (non-hydrogen) atoms. The van der Waals surface area contributed by atoms with Gasteiger partial charge in [-0.3, -0.25) is 9.36 Å². The van der Waals surface area contributed by atoms with E-state index in [1.807, 2.05) is 62.4 Å². The summed E-state index contributed by atoms with van der Waals surface area (Å²) in [6, 6.07) is 15.8. The number of carbonyl (C=O) groups excluding carboxylic acids is 1. The maximum absolute atomic E-state index is 12.2. The molecule has 0 saturated heterocycles. The number of benzene rings is 2. The zero-order valence-electron chi connectivity index (χ0n) is 15.4. The summed E-state index contributed by atoms with van der Waals surface area (Å²) in [5.74, 6) is 0.0519. The second-order valence-corrected chi connectivity index (χ2v) is 7.28. The minimum Gasteiger partial charge on any atom is -0.325 e. The molecule has 7 heteroatoms. The minimum atomic E-state index is -0.261. The Kier molecular flexibility index (Phi) is 6.13. The minimum absolute atomic E-state index is 0.131. The van der Waals surface area contributed by atoms with Crippen LogP contribution in [0.2, 0.25) is 0 Å². The molecule has 0 aliphatic heterocycles. The molecule has 3 aromatic rings. The number of hydrogen-bond donors (Lipinski definition) is 2. The van der Waals surface area contributed by atoms with Crippen LogP contribution in [0.5, 0.6) is 0 Å². The van der Waals surface area contributed by atoms with Crippen molar-refractivity contribution in [1.29, 1.82) is 0 Å². The molecule has 0 saturated carbocycles. The number of carbonyl (C=O) groups is 1. The average Bonchev–Trinajstić information content (AvgIpc) is 3.02. The van der Waals surface area contributed by atoms with Crippen molar-refractivity contribution in [3.05, 3.63) is 75.7 Å². The topological polar surface area (TPSA) is 79.8 Å². The van der Waals surface area contributed by atoms with Crippen molar-refractivity contribution >= 4 is 23.4 Å². The summed E-state index contributed by atoms with van der Waals surface area (Å²) in [4.78, 5) is 24.2. The van der Waals surface area contributed by atoms with Crippen molar-refractivity contribution in [1.82, 2.24) is 14.8 Å². The Balaban J connectivity index is 1.58. The molecule has 1 amide bonds. The molecule has 0 aliphatic rings. The molecule has 0 bridgehead atoms. The summed E-state index contributed by atoms with van der Waals surface area (Å²) in [6.45, 7) is 4.55. The standard InChI is InChI=1S/C20H22N4O2S/c1-14-8-9-17(12-15(14)2)21-18(25)13-27-20-23-22-19(26)24(20)11-10-16-6-4-3-5-7-16/h3-9,12H,10-11,13H2,1-2H3,(H,21,25)(H,22,26). The Morgan fingerprint density at radius 3 is 2.67 bits per heavy atom. The number of hydrogen-bond acceptors (Lipinski definition) is 4. The monoisotopic (exact) mass is 382 g/mol. The number of aromatic amines is 1. The largest absolute Gasteiger partial charge is 0.343 e. The first-order chi connectivity index (χ1) is 13.0. The highest BCUT2D eigenvalue weighted by Gasteiger charge is 2.12. The molecule has 0 spiro atoms. The molecule has 0 radical (unpaired) electrons. The van der Waals surface area contributed by atoms with Gasteiger partial charge < -0.3 is 5.32 Å². The Labute approximate surface area is 162 Å². The van der Waals surface area contributed by atoms with Crippen LogP contribution >= 0.6 is 11.8 Å². The predicted molar refractivity (Wildman–Crippen MR) is 108 cm³/mol. The number of aryl methyl sites for hydroxylation is 3. The Morgan fingerprint density at radius 2 is 1.93 bits per heavy atom. The normalized spacial score (nSPS) is 10.7. The highest BCUT2D eigenvalue weighted by Crippen LogP contribution is 2.17. The van der Waals surface area contributed by atoms with Gasteiger partial charge in [0.1, 0.15) is 0 Å².